The van der Waals surface area contributed by atoms with E-state index < -0.39 is 0 Å². The maximum Gasteiger partial charge on any atom is 0.104 e. The van der Waals surface area contributed by atoms with Crippen LogP contribution >= 0.6 is 11.6 Å². The molecule has 0 unspecified atom stereocenters. The second-order valence-corrected chi connectivity index (χ2v) is 4.71. The molecule has 0 atom stereocenters. The fraction of sp³-hybridized carbons (Fsp3) is 0.333. The lowest BCUT2D eigenvalue weighted by Crippen LogP contribution is -2.02. The number of hydrogen-bond acceptors (Lipinski definition) is 3. The zero-order valence-corrected chi connectivity index (χ0v) is 10.1. The maximum atomic E-state index is 5.90. The minimum absolute atomic E-state index is 0.407. The number of halogens is 1. The van der Waals surface area contributed by atoms with Crippen LogP contribution in [0.1, 0.15) is 24.6 Å². The van der Waals surface area contributed by atoms with Crippen molar-refractivity contribution >= 4 is 11.6 Å². The monoisotopic (exact) mass is 248 g/mol. The Hall–Kier alpha value is -1.39. The third kappa shape index (κ3) is 1.94. The van der Waals surface area contributed by atoms with Gasteiger partial charge in [0.05, 0.1) is 11.7 Å². The molecule has 88 valence electrons. The Bertz CT molecular complexity index is 528. The molecule has 0 radical (unpaired) electrons. The van der Waals surface area contributed by atoms with E-state index in [9.17, 15) is 0 Å². The van der Waals surface area contributed by atoms with E-state index in [1.54, 1.807) is 0 Å². The van der Waals surface area contributed by atoms with Crippen molar-refractivity contribution in [2.24, 2.45) is 5.73 Å². The number of aromatic nitrogens is 3. The van der Waals surface area contributed by atoms with Gasteiger partial charge in [-0.3, -0.25) is 0 Å². The first-order chi connectivity index (χ1) is 8.29. The van der Waals surface area contributed by atoms with Gasteiger partial charge in [0.25, 0.3) is 0 Å². The number of nitrogens with two attached hydrogens (primary N) is 1. The zero-order chi connectivity index (χ0) is 11.8. The van der Waals surface area contributed by atoms with Gasteiger partial charge in [0, 0.05) is 17.1 Å². The van der Waals surface area contributed by atoms with Gasteiger partial charge in [-0.2, -0.15) is 0 Å². The highest BCUT2D eigenvalue weighted by molar-refractivity contribution is 6.30. The largest absolute Gasteiger partial charge is 0.325 e. The second kappa shape index (κ2) is 4.13. The van der Waals surface area contributed by atoms with Crippen LogP contribution in [0.3, 0.4) is 0 Å². The van der Waals surface area contributed by atoms with Crippen LogP contribution in [-0.4, -0.2) is 15.0 Å². The summed E-state index contributed by atoms with van der Waals surface area (Å²) >= 11 is 5.90. The topological polar surface area (TPSA) is 56.7 Å². The quantitative estimate of drug-likeness (QED) is 0.908. The molecule has 17 heavy (non-hydrogen) atoms. The SMILES string of the molecule is NCc1nnn(C2CC2)c1-c1ccc(Cl)cc1. The first kappa shape index (κ1) is 10.7. The lowest BCUT2D eigenvalue weighted by atomic mass is 10.1. The molecule has 1 fully saturated rings. The van der Waals surface area contributed by atoms with Gasteiger partial charge < -0.3 is 5.73 Å². The van der Waals surface area contributed by atoms with Crippen LogP contribution in [0.5, 0.6) is 0 Å². The number of hydrogen-bond donors (Lipinski definition) is 1. The van der Waals surface area contributed by atoms with Gasteiger partial charge in [0.1, 0.15) is 5.69 Å². The summed E-state index contributed by atoms with van der Waals surface area (Å²) in [6.45, 7) is 0.407. The molecule has 0 bridgehead atoms. The van der Waals surface area contributed by atoms with Crippen molar-refractivity contribution in [3.8, 4) is 11.3 Å². The van der Waals surface area contributed by atoms with Crippen LogP contribution in [0.2, 0.25) is 5.02 Å². The molecule has 0 amide bonds. The van der Waals surface area contributed by atoms with E-state index in [0.717, 1.165) is 22.0 Å². The lowest BCUT2D eigenvalue weighted by molar-refractivity contribution is 0.616. The smallest absolute Gasteiger partial charge is 0.104 e. The number of nitrogens with zero attached hydrogens (tertiary/aromatic N) is 3. The van der Waals surface area contributed by atoms with Crippen molar-refractivity contribution < 1.29 is 0 Å². The summed E-state index contributed by atoms with van der Waals surface area (Å²) in [7, 11) is 0. The van der Waals surface area contributed by atoms with Crippen molar-refractivity contribution in [1.29, 1.82) is 0 Å². The fourth-order valence-electron chi connectivity index (χ4n) is 1.95. The van der Waals surface area contributed by atoms with Crippen LogP contribution in [0.15, 0.2) is 24.3 Å². The first-order valence-electron chi connectivity index (χ1n) is 5.69. The molecule has 1 saturated carbocycles. The zero-order valence-electron chi connectivity index (χ0n) is 9.31. The van der Waals surface area contributed by atoms with Crippen molar-refractivity contribution in [3.63, 3.8) is 0 Å². The van der Waals surface area contributed by atoms with E-state index >= 15 is 0 Å². The van der Waals surface area contributed by atoms with E-state index in [2.05, 4.69) is 10.3 Å². The van der Waals surface area contributed by atoms with Gasteiger partial charge in [-0.05, 0) is 25.0 Å². The standard InChI is InChI=1S/C12H13ClN4/c13-9-3-1-8(2-4-9)12-11(7-14)15-16-17(12)10-5-6-10/h1-4,10H,5-7,14H2. The Morgan fingerprint density at radius 3 is 2.59 bits per heavy atom. The molecular formula is C12H13ClN4. The average Bonchev–Trinajstić information content (AvgIpc) is 3.10. The minimum atomic E-state index is 0.407. The summed E-state index contributed by atoms with van der Waals surface area (Å²) in [6, 6.07) is 8.22. The Morgan fingerprint density at radius 1 is 1.29 bits per heavy atom. The van der Waals surface area contributed by atoms with E-state index in [1.807, 2.05) is 28.9 Å². The number of benzene rings is 1. The van der Waals surface area contributed by atoms with Crippen LogP contribution < -0.4 is 5.73 Å². The summed E-state index contributed by atoms with van der Waals surface area (Å²) in [5, 5.41) is 9.08. The summed E-state index contributed by atoms with van der Waals surface area (Å²) < 4.78 is 1.99. The molecule has 2 aromatic rings. The Balaban J connectivity index is 2.10. The Kier molecular flexibility index (Phi) is 2.61. The van der Waals surface area contributed by atoms with Gasteiger partial charge >= 0.3 is 0 Å². The first-order valence-corrected chi connectivity index (χ1v) is 6.07. The van der Waals surface area contributed by atoms with Gasteiger partial charge in [-0.25, -0.2) is 4.68 Å². The van der Waals surface area contributed by atoms with Gasteiger partial charge in [0.2, 0.25) is 0 Å². The molecule has 0 aliphatic heterocycles. The van der Waals surface area contributed by atoms with Gasteiger partial charge in [-0.1, -0.05) is 28.9 Å². The highest BCUT2D eigenvalue weighted by Gasteiger charge is 2.29. The Labute approximate surface area is 104 Å². The molecular weight excluding hydrogens is 236 g/mol. The van der Waals surface area contributed by atoms with Gasteiger partial charge in [-0.15, -0.1) is 5.10 Å². The highest BCUT2D eigenvalue weighted by atomic mass is 35.5. The predicted molar refractivity (Wildman–Crippen MR) is 66.6 cm³/mol. The van der Waals surface area contributed by atoms with E-state index in [1.165, 1.54) is 12.8 Å². The number of rotatable bonds is 3. The summed E-state index contributed by atoms with van der Waals surface area (Å²) in [4.78, 5) is 0. The third-order valence-corrected chi connectivity index (χ3v) is 3.22. The molecule has 3 rings (SSSR count). The molecule has 1 aliphatic rings. The molecule has 0 spiro atoms. The molecule has 1 aliphatic carbocycles. The highest BCUT2D eigenvalue weighted by Crippen LogP contribution is 2.38. The summed E-state index contributed by atoms with van der Waals surface area (Å²) in [5.41, 5.74) is 8.67. The normalized spacial score (nSPS) is 15.2. The predicted octanol–water partition coefficient (Wildman–Crippen LogP) is 2.39. The van der Waals surface area contributed by atoms with Crippen molar-refractivity contribution in [3.05, 3.63) is 35.0 Å². The van der Waals surface area contributed by atoms with Crippen molar-refractivity contribution in [1.82, 2.24) is 15.0 Å². The molecule has 4 nitrogen and oxygen atoms in total. The van der Waals surface area contributed by atoms with E-state index in [-0.39, 0.29) is 0 Å². The van der Waals surface area contributed by atoms with Crippen LogP contribution in [0.4, 0.5) is 0 Å². The summed E-state index contributed by atoms with van der Waals surface area (Å²) in [5.74, 6) is 0. The molecule has 1 heterocycles. The maximum absolute atomic E-state index is 5.90. The Morgan fingerprint density at radius 2 is 2.00 bits per heavy atom. The van der Waals surface area contributed by atoms with E-state index in [0.29, 0.717) is 12.6 Å². The summed E-state index contributed by atoms with van der Waals surface area (Å²) in [6.07, 6.45) is 2.35. The lowest BCUT2D eigenvalue weighted by Gasteiger charge is -2.06. The van der Waals surface area contributed by atoms with Crippen molar-refractivity contribution in [2.45, 2.75) is 25.4 Å². The van der Waals surface area contributed by atoms with Crippen molar-refractivity contribution in [2.75, 3.05) is 0 Å². The second-order valence-electron chi connectivity index (χ2n) is 4.27. The van der Waals surface area contributed by atoms with Crippen LogP contribution in [-0.2, 0) is 6.54 Å². The van der Waals surface area contributed by atoms with Crippen LogP contribution in [0.25, 0.3) is 11.3 Å². The average molecular weight is 249 g/mol. The fourth-order valence-corrected chi connectivity index (χ4v) is 2.07. The molecule has 1 aromatic heterocycles. The van der Waals surface area contributed by atoms with Gasteiger partial charge in [0.15, 0.2) is 0 Å². The minimum Gasteiger partial charge on any atom is -0.325 e. The molecule has 0 saturated heterocycles. The van der Waals surface area contributed by atoms with Crippen LogP contribution in [0, 0.1) is 0 Å². The molecule has 1 aromatic carbocycles. The molecule has 2 N–H and O–H groups in total. The van der Waals surface area contributed by atoms with E-state index in [4.69, 9.17) is 17.3 Å². The molecule has 5 heteroatoms. The third-order valence-electron chi connectivity index (χ3n) is 2.97.